The van der Waals surface area contributed by atoms with Crippen LogP contribution in [0.4, 0.5) is 0 Å². The number of rotatable bonds is 4. The van der Waals surface area contributed by atoms with Crippen LogP contribution in [0, 0.1) is 12.8 Å². The number of hydrogen-bond acceptors (Lipinski definition) is 2. The third-order valence-electron chi connectivity index (χ3n) is 4.01. The Hall–Kier alpha value is -0.380. The van der Waals surface area contributed by atoms with E-state index in [1.807, 2.05) is 0 Å². The van der Waals surface area contributed by atoms with E-state index in [9.17, 15) is 0 Å². The van der Waals surface area contributed by atoms with Crippen LogP contribution < -0.4 is 5.32 Å². The minimum absolute atomic E-state index is 0.474. The van der Waals surface area contributed by atoms with E-state index in [0.717, 1.165) is 25.5 Å². The highest BCUT2D eigenvalue weighted by atomic mass is 79.9. The SMILES string of the molecule is Cc1cc(CNC2CCOC2C2CC2)ccc1Br. The first-order chi connectivity index (χ1) is 8.74. The highest BCUT2D eigenvalue weighted by molar-refractivity contribution is 9.10. The summed E-state index contributed by atoms with van der Waals surface area (Å²) < 4.78 is 7.04. The van der Waals surface area contributed by atoms with Crippen LogP contribution >= 0.6 is 15.9 Å². The maximum Gasteiger partial charge on any atom is 0.0757 e. The minimum Gasteiger partial charge on any atom is -0.376 e. The van der Waals surface area contributed by atoms with Gasteiger partial charge in [0.05, 0.1) is 6.10 Å². The fourth-order valence-corrected chi connectivity index (χ4v) is 3.03. The van der Waals surface area contributed by atoms with Gasteiger partial charge in [-0.3, -0.25) is 0 Å². The summed E-state index contributed by atoms with van der Waals surface area (Å²) in [7, 11) is 0. The summed E-state index contributed by atoms with van der Waals surface area (Å²) in [6, 6.07) is 7.13. The Labute approximate surface area is 117 Å². The number of ether oxygens (including phenoxy) is 1. The Kier molecular flexibility index (Phi) is 3.73. The van der Waals surface area contributed by atoms with Gasteiger partial charge < -0.3 is 10.1 Å². The molecule has 1 aliphatic heterocycles. The molecule has 0 radical (unpaired) electrons. The van der Waals surface area contributed by atoms with Crippen molar-refractivity contribution in [3.63, 3.8) is 0 Å². The monoisotopic (exact) mass is 309 g/mol. The zero-order valence-corrected chi connectivity index (χ0v) is 12.4. The van der Waals surface area contributed by atoms with Crippen molar-refractivity contribution in [2.75, 3.05) is 6.61 Å². The Balaban J connectivity index is 1.58. The van der Waals surface area contributed by atoms with E-state index in [0.29, 0.717) is 12.1 Å². The molecule has 1 N–H and O–H groups in total. The van der Waals surface area contributed by atoms with Crippen molar-refractivity contribution in [1.29, 1.82) is 0 Å². The van der Waals surface area contributed by atoms with Crippen LogP contribution in [0.5, 0.6) is 0 Å². The molecule has 3 heteroatoms. The van der Waals surface area contributed by atoms with E-state index >= 15 is 0 Å². The molecule has 0 aromatic heterocycles. The van der Waals surface area contributed by atoms with Crippen molar-refractivity contribution in [2.24, 2.45) is 5.92 Å². The van der Waals surface area contributed by atoms with Crippen molar-refractivity contribution >= 4 is 15.9 Å². The maximum absolute atomic E-state index is 5.85. The number of hydrogen-bond donors (Lipinski definition) is 1. The molecule has 1 aromatic carbocycles. The van der Waals surface area contributed by atoms with Gasteiger partial charge in [-0.1, -0.05) is 28.1 Å². The van der Waals surface area contributed by atoms with Gasteiger partial charge in [0.15, 0.2) is 0 Å². The van der Waals surface area contributed by atoms with Gasteiger partial charge in [-0.05, 0) is 49.3 Å². The molecule has 1 heterocycles. The molecule has 2 atom stereocenters. The van der Waals surface area contributed by atoms with Gasteiger partial charge in [0.25, 0.3) is 0 Å². The summed E-state index contributed by atoms with van der Waals surface area (Å²) in [5.74, 6) is 0.830. The normalized spacial score (nSPS) is 27.7. The second kappa shape index (κ2) is 5.32. The molecule has 1 aliphatic carbocycles. The number of nitrogens with one attached hydrogen (secondary N) is 1. The van der Waals surface area contributed by atoms with Crippen molar-refractivity contribution in [3.8, 4) is 0 Å². The summed E-state index contributed by atoms with van der Waals surface area (Å²) in [6.07, 6.45) is 4.36. The van der Waals surface area contributed by atoms with Crippen LogP contribution in [0.1, 0.15) is 30.4 Å². The lowest BCUT2D eigenvalue weighted by Gasteiger charge is -2.19. The first kappa shape index (κ1) is 12.6. The molecule has 2 nitrogen and oxygen atoms in total. The average Bonchev–Trinajstić information content (AvgIpc) is 3.10. The summed E-state index contributed by atoms with van der Waals surface area (Å²) in [4.78, 5) is 0. The largest absolute Gasteiger partial charge is 0.376 e. The van der Waals surface area contributed by atoms with Crippen LogP contribution in [0.2, 0.25) is 0 Å². The zero-order valence-electron chi connectivity index (χ0n) is 10.8. The molecular weight excluding hydrogens is 290 g/mol. The molecule has 1 aromatic rings. The van der Waals surface area contributed by atoms with Crippen LogP contribution in [-0.2, 0) is 11.3 Å². The molecule has 0 amide bonds. The molecule has 1 saturated heterocycles. The topological polar surface area (TPSA) is 21.3 Å². The lowest BCUT2D eigenvalue weighted by molar-refractivity contribution is 0.0809. The first-order valence-corrected chi connectivity index (χ1v) is 7.63. The highest BCUT2D eigenvalue weighted by Crippen LogP contribution is 2.38. The molecular formula is C15H20BrNO. The fraction of sp³-hybridized carbons (Fsp3) is 0.600. The number of benzene rings is 1. The van der Waals surface area contributed by atoms with E-state index in [-0.39, 0.29) is 0 Å². The van der Waals surface area contributed by atoms with E-state index in [1.165, 1.54) is 28.4 Å². The lowest BCUT2D eigenvalue weighted by atomic mass is 10.1. The van der Waals surface area contributed by atoms with Crippen molar-refractivity contribution in [3.05, 3.63) is 33.8 Å². The molecule has 0 spiro atoms. The summed E-state index contributed by atoms with van der Waals surface area (Å²) in [5.41, 5.74) is 2.66. The van der Waals surface area contributed by atoms with Gasteiger partial charge in [-0.25, -0.2) is 0 Å². The van der Waals surface area contributed by atoms with E-state index in [2.05, 4.69) is 46.4 Å². The maximum atomic E-state index is 5.85. The zero-order chi connectivity index (χ0) is 12.5. The second-order valence-corrected chi connectivity index (χ2v) is 6.39. The third kappa shape index (κ3) is 2.79. The first-order valence-electron chi connectivity index (χ1n) is 6.84. The van der Waals surface area contributed by atoms with Gasteiger partial charge >= 0.3 is 0 Å². The highest BCUT2D eigenvalue weighted by Gasteiger charge is 2.40. The standard InChI is InChI=1S/C15H20BrNO/c1-10-8-11(2-5-13(10)16)9-17-14-6-7-18-15(14)12-3-4-12/h2,5,8,12,14-15,17H,3-4,6-7,9H2,1H3. The van der Waals surface area contributed by atoms with Gasteiger partial charge in [0.1, 0.15) is 0 Å². The Morgan fingerprint density at radius 1 is 1.33 bits per heavy atom. The second-order valence-electron chi connectivity index (χ2n) is 5.53. The molecule has 2 unspecified atom stereocenters. The molecule has 2 aliphatic rings. The Morgan fingerprint density at radius 2 is 2.17 bits per heavy atom. The molecule has 18 heavy (non-hydrogen) atoms. The third-order valence-corrected chi connectivity index (χ3v) is 4.90. The van der Waals surface area contributed by atoms with Crippen molar-refractivity contribution in [1.82, 2.24) is 5.32 Å². The number of aryl methyl sites for hydroxylation is 1. The van der Waals surface area contributed by atoms with Gasteiger partial charge in [-0.2, -0.15) is 0 Å². The van der Waals surface area contributed by atoms with Crippen LogP contribution in [-0.4, -0.2) is 18.8 Å². The van der Waals surface area contributed by atoms with Crippen LogP contribution in [0.3, 0.4) is 0 Å². The Morgan fingerprint density at radius 3 is 2.89 bits per heavy atom. The fourth-order valence-electron chi connectivity index (χ4n) is 2.78. The van der Waals surface area contributed by atoms with E-state index in [4.69, 9.17) is 4.74 Å². The van der Waals surface area contributed by atoms with Crippen molar-refractivity contribution < 1.29 is 4.74 Å². The van der Waals surface area contributed by atoms with Gasteiger partial charge in [-0.15, -0.1) is 0 Å². The van der Waals surface area contributed by atoms with Gasteiger partial charge in [0, 0.05) is 23.7 Å². The predicted molar refractivity (Wildman–Crippen MR) is 76.6 cm³/mol. The lowest BCUT2D eigenvalue weighted by Crippen LogP contribution is -2.37. The molecule has 98 valence electrons. The molecule has 2 fully saturated rings. The molecule has 0 bridgehead atoms. The predicted octanol–water partition coefficient (Wildman–Crippen LogP) is 3.41. The molecule has 1 saturated carbocycles. The van der Waals surface area contributed by atoms with Crippen LogP contribution in [0.25, 0.3) is 0 Å². The summed E-state index contributed by atoms with van der Waals surface area (Å²) in [5, 5.41) is 3.68. The van der Waals surface area contributed by atoms with E-state index < -0.39 is 0 Å². The minimum atomic E-state index is 0.474. The number of halogens is 1. The van der Waals surface area contributed by atoms with E-state index in [1.54, 1.807) is 0 Å². The van der Waals surface area contributed by atoms with Gasteiger partial charge in [0.2, 0.25) is 0 Å². The quantitative estimate of drug-likeness (QED) is 0.920. The van der Waals surface area contributed by atoms with Crippen LogP contribution in [0.15, 0.2) is 22.7 Å². The molecule has 3 rings (SSSR count). The summed E-state index contributed by atoms with van der Waals surface area (Å²) >= 11 is 3.54. The Bertz CT molecular complexity index is 431. The smallest absolute Gasteiger partial charge is 0.0757 e. The average molecular weight is 310 g/mol. The summed E-state index contributed by atoms with van der Waals surface area (Å²) in [6.45, 7) is 4.02. The van der Waals surface area contributed by atoms with Crippen molar-refractivity contribution in [2.45, 2.75) is 44.9 Å².